The van der Waals surface area contributed by atoms with Crippen LogP contribution in [0.2, 0.25) is 0 Å². The summed E-state index contributed by atoms with van der Waals surface area (Å²) in [6.45, 7) is 1.74. The molecular weight excluding hydrogens is 232 g/mol. The Kier molecular flexibility index (Phi) is 3.20. The summed E-state index contributed by atoms with van der Waals surface area (Å²) in [5.41, 5.74) is 0.189. The summed E-state index contributed by atoms with van der Waals surface area (Å²) < 4.78 is 5.13. The average Bonchev–Trinajstić information content (AvgIpc) is 2.83. The van der Waals surface area contributed by atoms with Crippen molar-refractivity contribution >= 4 is 5.97 Å². The molecule has 4 heteroatoms. The Hall–Kier alpha value is -1.71. The molecule has 2 rings (SSSR count). The lowest BCUT2D eigenvalue weighted by molar-refractivity contribution is -0.143. The van der Waals surface area contributed by atoms with Crippen LogP contribution < -0.4 is 4.74 Å². The van der Waals surface area contributed by atoms with Gasteiger partial charge in [-0.15, -0.1) is 0 Å². The van der Waals surface area contributed by atoms with Crippen molar-refractivity contribution in [1.82, 2.24) is 0 Å². The van der Waals surface area contributed by atoms with E-state index < -0.39 is 11.4 Å². The van der Waals surface area contributed by atoms with Gasteiger partial charge in [0.2, 0.25) is 0 Å². The Morgan fingerprint density at radius 1 is 1.33 bits per heavy atom. The van der Waals surface area contributed by atoms with E-state index in [2.05, 4.69) is 0 Å². The van der Waals surface area contributed by atoms with Crippen LogP contribution in [-0.4, -0.2) is 23.3 Å². The number of carbonyl (C=O) groups is 1. The molecule has 4 nitrogen and oxygen atoms in total. The van der Waals surface area contributed by atoms with Crippen LogP contribution in [-0.2, 0) is 10.2 Å². The summed E-state index contributed by atoms with van der Waals surface area (Å²) in [5.74, 6) is -0.215. The normalized spacial score (nSPS) is 17.7. The van der Waals surface area contributed by atoms with Gasteiger partial charge < -0.3 is 14.9 Å². The molecule has 98 valence electrons. The highest BCUT2D eigenvalue weighted by Crippen LogP contribution is 2.46. The number of carboxylic acid groups (broad SMARTS) is 1. The monoisotopic (exact) mass is 250 g/mol. The van der Waals surface area contributed by atoms with Gasteiger partial charge in [-0.2, -0.15) is 0 Å². The molecule has 0 bridgehead atoms. The molecule has 0 unspecified atom stereocenters. The maximum absolute atomic E-state index is 11.6. The number of hydrogen-bond acceptors (Lipinski definition) is 3. The van der Waals surface area contributed by atoms with E-state index in [-0.39, 0.29) is 5.75 Å². The smallest absolute Gasteiger partial charge is 0.314 e. The van der Waals surface area contributed by atoms with E-state index in [0.717, 1.165) is 12.8 Å². The van der Waals surface area contributed by atoms with Gasteiger partial charge in [0, 0.05) is 11.1 Å². The predicted molar refractivity (Wildman–Crippen MR) is 67.2 cm³/mol. The van der Waals surface area contributed by atoms with Crippen molar-refractivity contribution in [3.8, 4) is 11.5 Å². The van der Waals surface area contributed by atoms with E-state index in [1.54, 1.807) is 19.1 Å². The largest absolute Gasteiger partial charge is 0.507 e. The van der Waals surface area contributed by atoms with Gasteiger partial charge >= 0.3 is 5.97 Å². The lowest BCUT2D eigenvalue weighted by Crippen LogP contribution is -2.32. The Bertz CT molecular complexity index is 473. The highest BCUT2D eigenvalue weighted by molar-refractivity contribution is 5.83. The van der Waals surface area contributed by atoms with E-state index >= 15 is 0 Å². The van der Waals surface area contributed by atoms with E-state index in [9.17, 15) is 15.0 Å². The topological polar surface area (TPSA) is 66.8 Å². The summed E-state index contributed by atoms with van der Waals surface area (Å²) in [5, 5.41) is 19.8. The van der Waals surface area contributed by atoms with Crippen LogP contribution >= 0.6 is 0 Å². The minimum Gasteiger partial charge on any atom is -0.507 e. The number of rotatable bonds is 3. The lowest BCUT2D eigenvalue weighted by atomic mass is 9.77. The number of carboxylic acids is 1. The van der Waals surface area contributed by atoms with Crippen molar-refractivity contribution in [3.05, 3.63) is 23.3 Å². The molecule has 1 aromatic rings. The van der Waals surface area contributed by atoms with E-state index in [0.29, 0.717) is 29.7 Å². The third-order valence-electron chi connectivity index (χ3n) is 3.98. The van der Waals surface area contributed by atoms with Crippen molar-refractivity contribution in [2.75, 3.05) is 7.11 Å². The number of ether oxygens (including phenoxy) is 1. The summed E-state index contributed by atoms with van der Waals surface area (Å²) in [6.07, 6.45) is 2.94. The molecule has 0 saturated heterocycles. The van der Waals surface area contributed by atoms with Gasteiger partial charge in [0.25, 0.3) is 0 Å². The molecular formula is C14H18O4. The number of aromatic hydroxyl groups is 1. The quantitative estimate of drug-likeness (QED) is 0.865. The summed E-state index contributed by atoms with van der Waals surface area (Å²) >= 11 is 0. The van der Waals surface area contributed by atoms with Crippen LogP contribution in [0.25, 0.3) is 0 Å². The molecule has 18 heavy (non-hydrogen) atoms. The Morgan fingerprint density at radius 3 is 2.44 bits per heavy atom. The minimum atomic E-state index is -0.929. The minimum absolute atomic E-state index is 0.0543. The number of hydrogen-bond donors (Lipinski definition) is 2. The Labute approximate surface area is 106 Å². The molecule has 0 aliphatic heterocycles. The fourth-order valence-corrected chi connectivity index (χ4v) is 2.87. The van der Waals surface area contributed by atoms with Crippen LogP contribution in [0, 0.1) is 6.92 Å². The molecule has 0 aromatic heterocycles. The average molecular weight is 250 g/mol. The molecule has 1 aliphatic rings. The number of phenols is 1. The maximum Gasteiger partial charge on any atom is 0.314 e. The maximum atomic E-state index is 11.6. The van der Waals surface area contributed by atoms with Crippen LogP contribution in [0.3, 0.4) is 0 Å². The van der Waals surface area contributed by atoms with E-state index in [1.165, 1.54) is 7.11 Å². The number of aliphatic carboxylic acids is 1. The summed E-state index contributed by atoms with van der Waals surface area (Å²) in [4.78, 5) is 11.6. The summed E-state index contributed by atoms with van der Waals surface area (Å²) in [7, 11) is 1.53. The number of phenolic OH excluding ortho intramolecular Hbond substituents is 1. The third kappa shape index (κ3) is 1.72. The van der Waals surface area contributed by atoms with Gasteiger partial charge in [0.15, 0.2) is 0 Å². The highest BCUT2D eigenvalue weighted by atomic mass is 16.5. The standard InChI is InChI=1S/C14H18O4/c1-9-11(18-2)6-5-10(12(9)15)14(13(16)17)7-3-4-8-14/h5-6,15H,3-4,7-8H2,1-2H3,(H,16,17). The second-order valence-electron chi connectivity index (χ2n) is 4.88. The Morgan fingerprint density at radius 2 is 1.94 bits per heavy atom. The van der Waals surface area contributed by atoms with Crippen molar-refractivity contribution in [2.24, 2.45) is 0 Å². The molecule has 0 amide bonds. The van der Waals surface area contributed by atoms with Crippen molar-refractivity contribution < 1.29 is 19.7 Å². The van der Waals surface area contributed by atoms with Gasteiger partial charge in [-0.05, 0) is 25.8 Å². The summed E-state index contributed by atoms with van der Waals surface area (Å²) in [6, 6.07) is 3.41. The van der Waals surface area contributed by atoms with Gasteiger partial charge in [-0.1, -0.05) is 18.9 Å². The molecule has 0 spiro atoms. The van der Waals surface area contributed by atoms with Crippen molar-refractivity contribution in [1.29, 1.82) is 0 Å². The van der Waals surface area contributed by atoms with Crippen LogP contribution in [0.15, 0.2) is 12.1 Å². The van der Waals surface area contributed by atoms with E-state index in [1.807, 2.05) is 0 Å². The van der Waals surface area contributed by atoms with Crippen LogP contribution in [0.4, 0.5) is 0 Å². The SMILES string of the molecule is COc1ccc(C2(C(=O)O)CCCC2)c(O)c1C. The fourth-order valence-electron chi connectivity index (χ4n) is 2.87. The molecule has 2 N–H and O–H groups in total. The van der Waals surface area contributed by atoms with Crippen molar-refractivity contribution in [2.45, 2.75) is 38.0 Å². The number of benzene rings is 1. The first-order valence-electron chi connectivity index (χ1n) is 6.13. The van der Waals surface area contributed by atoms with E-state index in [4.69, 9.17) is 4.74 Å². The lowest BCUT2D eigenvalue weighted by Gasteiger charge is -2.26. The van der Waals surface area contributed by atoms with Gasteiger partial charge in [0.05, 0.1) is 12.5 Å². The van der Waals surface area contributed by atoms with Crippen LogP contribution in [0.1, 0.15) is 36.8 Å². The third-order valence-corrected chi connectivity index (χ3v) is 3.98. The molecule has 1 aliphatic carbocycles. The second kappa shape index (κ2) is 4.52. The molecule has 0 atom stereocenters. The van der Waals surface area contributed by atoms with Gasteiger partial charge in [0.1, 0.15) is 11.5 Å². The van der Waals surface area contributed by atoms with Gasteiger partial charge in [-0.3, -0.25) is 4.79 Å². The zero-order valence-corrected chi connectivity index (χ0v) is 10.7. The fraction of sp³-hybridized carbons (Fsp3) is 0.500. The molecule has 1 aromatic carbocycles. The molecule has 0 radical (unpaired) electrons. The zero-order valence-electron chi connectivity index (χ0n) is 10.7. The van der Waals surface area contributed by atoms with Gasteiger partial charge in [-0.25, -0.2) is 0 Å². The second-order valence-corrected chi connectivity index (χ2v) is 4.88. The molecule has 1 saturated carbocycles. The first-order chi connectivity index (χ1) is 8.53. The first kappa shape index (κ1) is 12.7. The predicted octanol–water partition coefficient (Wildman–Crippen LogP) is 2.61. The van der Waals surface area contributed by atoms with Crippen molar-refractivity contribution in [3.63, 3.8) is 0 Å². The first-order valence-corrected chi connectivity index (χ1v) is 6.13. The Balaban J connectivity index is 2.56. The molecule has 0 heterocycles. The molecule has 1 fully saturated rings. The van der Waals surface area contributed by atoms with Crippen LogP contribution in [0.5, 0.6) is 11.5 Å². The highest BCUT2D eigenvalue weighted by Gasteiger charge is 2.45. The zero-order chi connectivity index (χ0) is 13.3. The number of methoxy groups -OCH3 is 1.